The number of methoxy groups -OCH3 is 1. The maximum Gasteiger partial charge on any atom is 0.261 e. The van der Waals surface area contributed by atoms with Gasteiger partial charge in [-0.1, -0.05) is 43.7 Å². The van der Waals surface area contributed by atoms with Crippen molar-refractivity contribution >= 4 is 32.4 Å². The molecular formula is C22H25N3O4S2. The first kappa shape index (κ1) is 22.9. The lowest BCUT2D eigenvalue weighted by Crippen LogP contribution is -2.30. The number of amides is 1. The number of aryl methyl sites for hydroxylation is 1. The van der Waals surface area contributed by atoms with Crippen molar-refractivity contribution in [3.63, 3.8) is 0 Å². The van der Waals surface area contributed by atoms with Gasteiger partial charge in [0, 0.05) is 24.0 Å². The summed E-state index contributed by atoms with van der Waals surface area (Å²) < 4.78 is 32.3. The van der Waals surface area contributed by atoms with E-state index in [2.05, 4.69) is 10.3 Å². The number of nitrogens with one attached hydrogen (secondary N) is 1. The topological polar surface area (TPSA) is 88.6 Å². The van der Waals surface area contributed by atoms with Crippen molar-refractivity contribution in [3.8, 4) is 17.0 Å². The minimum atomic E-state index is -3.71. The molecule has 0 radical (unpaired) electrons. The lowest BCUT2D eigenvalue weighted by molar-refractivity contribution is 0.102. The molecule has 1 heterocycles. The smallest absolute Gasteiger partial charge is 0.261 e. The predicted octanol–water partition coefficient (Wildman–Crippen LogP) is 4.41. The van der Waals surface area contributed by atoms with Crippen molar-refractivity contribution in [2.45, 2.75) is 25.7 Å². The molecule has 0 spiro atoms. The fourth-order valence-corrected chi connectivity index (χ4v) is 5.29. The van der Waals surface area contributed by atoms with Crippen LogP contribution < -0.4 is 10.1 Å². The zero-order valence-corrected chi connectivity index (χ0v) is 19.5. The average Bonchev–Trinajstić information content (AvgIpc) is 3.22. The first-order chi connectivity index (χ1) is 14.8. The number of anilines is 1. The van der Waals surface area contributed by atoms with E-state index in [1.165, 1.54) is 41.0 Å². The summed E-state index contributed by atoms with van der Waals surface area (Å²) in [4.78, 5) is 17.5. The van der Waals surface area contributed by atoms with Gasteiger partial charge in [-0.05, 0) is 25.1 Å². The first-order valence-corrected chi connectivity index (χ1v) is 12.1. The van der Waals surface area contributed by atoms with E-state index in [1.54, 1.807) is 13.8 Å². The van der Waals surface area contributed by atoms with Gasteiger partial charge in [0.1, 0.15) is 5.75 Å². The fourth-order valence-electron chi connectivity index (χ4n) is 3.09. The van der Waals surface area contributed by atoms with Crippen molar-refractivity contribution in [1.82, 2.24) is 9.29 Å². The Kier molecular flexibility index (Phi) is 7.09. The van der Waals surface area contributed by atoms with Gasteiger partial charge >= 0.3 is 0 Å². The van der Waals surface area contributed by atoms with Gasteiger partial charge in [-0.2, -0.15) is 4.31 Å². The zero-order chi connectivity index (χ0) is 22.6. The van der Waals surface area contributed by atoms with Gasteiger partial charge in [0.05, 0.1) is 23.3 Å². The van der Waals surface area contributed by atoms with E-state index in [1.807, 2.05) is 36.6 Å². The molecule has 9 heteroatoms. The van der Waals surface area contributed by atoms with E-state index >= 15 is 0 Å². The highest BCUT2D eigenvalue weighted by Gasteiger charge is 2.25. The molecule has 3 rings (SSSR count). The molecule has 7 nitrogen and oxygen atoms in total. The Balaban J connectivity index is 1.88. The number of thiazole rings is 1. The van der Waals surface area contributed by atoms with E-state index in [0.29, 0.717) is 18.2 Å². The van der Waals surface area contributed by atoms with Crippen LogP contribution in [0.2, 0.25) is 0 Å². The van der Waals surface area contributed by atoms with Crippen LogP contribution in [0.25, 0.3) is 11.3 Å². The highest BCUT2D eigenvalue weighted by Crippen LogP contribution is 2.28. The summed E-state index contributed by atoms with van der Waals surface area (Å²) in [5.74, 6) is -0.204. The molecule has 3 aromatic rings. The molecular weight excluding hydrogens is 434 g/mol. The Bertz CT molecular complexity index is 1170. The third-order valence-electron chi connectivity index (χ3n) is 4.83. The minimum Gasteiger partial charge on any atom is -0.496 e. The average molecular weight is 460 g/mol. The molecule has 1 amide bonds. The van der Waals surface area contributed by atoms with Gasteiger partial charge in [0.2, 0.25) is 10.0 Å². The second-order valence-electron chi connectivity index (χ2n) is 6.81. The van der Waals surface area contributed by atoms with Crippen LogP contribution in [0.5, 0.6) is 5.75 Å². The number of hydrogen-bond acceptors (Lipinski definition) is 6. The largest absolute Gasteiger partial charge is 0.496 e. The monoisotopic (exact) mass is 459 g/mol. The van der Waals surface area contributed by atoms with E-state index in [-0.39, 0.29) is 16.2 Å². The summed E-state index contributed by atoms with van der Waals surface area (Å²) in [5.41, 5.74) is 2.99. The SMILES string of the molecule is CCN(CC)S(=O)(=O)c1ccc(OC)c(C(=O)Nc2nc(-c3ccc(C)cc3)cs2)c1. The standard InChI is InChI=1S/C22H25N3O4S2/c1-5-25(6-2)31(27,28)17-11-12-20(29-4)18(13-17)21(26)24-22-23-19(14-30-22)16-9-7-15(3)8-10-16/h7-14H,5-6H2,1-4H3,(H,23,24,26). The lowest BCUT2D eigenvalue weighted by atomic mass is 10.1. The van der Waals surface area contributed by atoms with Gasteiger partial charge in [-0.25, -0.2) is 13.4 Å². The van der Waals surface area contributed by atoms with Gasteiger partial charge in [-0.15, -0.1) is 11.3 Å². The van der Waals surface area contributed by atoms with Crippen LogP contribution in [-0.4, -0.2) is 43.8 Å². The molecule has 1 N–H and O–H groups in total. The Labute approximate surface area is 186 Å². The fraction of sp³-hybridized carbons (Fsp3) is 0.273. The number of sulfonamides is 1. The Morgan fingerprint density at radius 2 is 1.81 bits per heavy atom. The molecule has 0 unspecified atom stereocenters. The highest BCUT2D eigenvalue weighted by atomic mass is 32.2. The van der Waals surface area contributed by atoms with Crippen LogP contribution >= 0.6 is 11.3 Å². The molecule has 0 fully saturated rings. The second kappa shape index (κ2) is 9.59. The van der Waals surface area contributed by atoms with Crippen molar-refractivity contribution in [3.05, 3.63) is 59.0 Å². The molecule has 0 atom stereocenters. The number of nitrogens with zero attached hydrogens (tertiary/aromatic N) is 2. The summed E-state index contributed by atoms with van der Waals surface area (Å²) in [7, 11) is -2.27. The summed E-state index contributed by atoms with van der Waals surface area (Å²) in [6.45, 7) is 6.23. The first-order valence-electron chi connectivity index (χ1n) is 9.82. The number of benzene rings is 2. The van der Waals surface area contributed by atoms with Crippen LogP contribution in [0.15, 0.2) is 52.7 Å². The molecule has 0 bridgehead atoms. The van der Waals surface area contributed by atoms with Crippen LogP contribution in [0.3, 0.4) is 0 Å². The van der Waals surface area contributed by atoms with Crippen molar-refractivity contribution < 1.29 is 17.9 Å². The van der Waals surface area contributed by atoms with E-state index < -0.39 is 15.9 Å². The number of carbonyl (C=O) groups excluding carboxylic acids is 1. The molecule has 164 valence electrons. The van der Waals surface area contributed by atoms with Crippen molar-refractivity contribution in [2.75, 3.05) is 25.5 Å². The zero-order valence-electron chi connectivity index (χ0n) is 17.9. The quantitative estimate of drug-likeness (QED) is 0.539. The van der Waals surface area contributed by atoms with Gasteiger partial charge in [-0.3, -0.25) is 10.1 Å². The lowest BCUT2D eigenvalue weighted by Gasteiger charge is -2.19. The van der Waals surface area contributed by atoms with E-state index in [9.17, 15) is 13.2 Å². The summed E-state index contributed by atoms with van der Waals surface area (Å²) in [5, 5.41) is 5.03. The number of hydrogen-bond donors (Lipinski definition) is 1. The van der Waals surface area contributed by atoms with E-state index in [0.717, 1.165) is 16.8 Å². The van der Waals surface area contributed by atoms with Gasteiger partial charge in [0.25, 0.3) is 5.91 Å². The molecule has 1 aromatic heterocycles. The maximum absolute atomic E-state index is 12.9. The number of carbonyl (C=O) groups is 1. The molecule has 2 aromatic carbocycles. The predicted molar refractivity (Wildman–Crippen MR) is 123 cm³/mol. The number of rotatable bonds is 8. The summed E-state index contributed by atoms with van der Waals surface area (Å²) in [6.07, 6.45) is 0. The second-order valence-corrected chi connectivity index (χ2v) is 9.61. The number of aromatic nitrogens is 1. The van der Waals surface area contributed by atoms with Crippen molar-refractivity contribution in [2.24, 2.45) is 0 Å². The summed E-state index contributed by atoms with van der Waals surface area (Å²) in [6, 6.07) is 12.2. The molecule has 31 heavy (non-hydrogen) atoms. The van der Waals surface area contributed by atoms with E-state index in [4.69, 9.17) is 4.74 Å². The summed E-state index contributed by atoms with van der Waals surface area (Å²) >= 11 is 1.30. The van der Waals surface area contributed by atoms with Gasteiger partial charge < -0.3 is 4.74 Å². The minimum absolute atomic E-state index is 0.0432. The third-order valence-corrected chi connectivity index (χ3v) is 7.63. The van der Waals surface area contributed by atoms with Crippen LogP contribution in [0, 0.1) is 6.92 Å². The Morgan fingerprint density at radius 1 is 1.13 bits per heavy atom. The Hall–Kier alpha value is -2.75. The Morgan fingerprint density at radius 3 is 2.42 bits per heavy atom. The van der Waals surface area contributed by atoms with Crippen LogP contribution in [0.1, 0.15) is 29.8 Å². The maximum atomic E-state index is 12.9. The van der Waals surface area contributed by atoms with Crippen molar-refractivity contribution in [1.29, 1.82) is 0 Å². The van der Waals surface area contributed by atoms with Crippen LogP contribution in [-0.2, 0) is 10.0 Å². The number of ether oxygens (including phenoxy) is 1. The van der Waals surface area contributed by atoms with Crippen LogP contribution in [0.4, 0.5) is 5.13 Å². The highest BCUT2D eigenvalue weighted by molar-refractivity contribution is 7.89. The third kappa shape index (κ3) is 4.95. The molecule has 0 aliphatic rings. The molecule has 0 aliphatic carbocycles. The molecule has 0 aliphatic heterocycles. The normalized spacial score (nSPS) is 11.5. The molecule has 0 saturated carbocycles. The molecule has 0 saturated heterocycles. The van der Waals surface area contributed by atoms with Gasteiger partial charge in [0.15, 0.2) is 5.13 Å².